The van der Waals surface area contributed by atoms with Crippen molar-refractivity contribution in [3.05, 3.63) is 45.7 Å². The summed E-state index contributed by atoms with van der Waals surface area (Å²) >= 11 is 3.42. The minimum absolute atomic E-state index is 0.0751. The van der Waals surface area contributed by atoms with Crippen LogP contribution < -0.4 is 5.32 Å². The molecule has 0 saturated carbocycles. The monoisotopic (exact) mass is 364 g/mol. The molecule has 2 aromatic rings. The third kappa shape index (κ3) is 3.05. The summed E-state index contributed by atoms with van der Waals surface area (Å²) in [6.07, 6.45) is 0.811. The molecule has 1 aliphatic heterocycles. The Labute approximate surface area is 137 Å². The summed E-state index contributed by atoms with van der Waals surface area (Å²) in [5, 5.41) is 10.9. The normalized spacial score (nSPS) is 17.1. The summed E-state index contributed by atoms with van der Waals surface area (Å²) in [4.78, 5) is 12.0. The molecule has 1 aromatic heterocycles. The van der Waals surface area contributed by atoms with Crippen LogP contribution in [0.4, 0.5) is 0 Å². The summed E-state index contributed by atoms with van der Waals surface area (Å²) in [5.74, 6) is -0.186. The fourth-order valence-electron chi connectivity index (χ4n) is 2.39. The van der Waals surface area contributed by atoms with Crippen LogP contribution in [-0.4, -0.2) is 27.4 Å². The van der Waals surface area contributed by atoms with Gasteiger partial charge in [-0.1, -0.05) is 40.2 Å². The van der Waals surface area contributed by atoms with Crippen LogP contribution in [0, 0.1) is 0 Å². The Morgan fingerprint density at radius 3 is 2.95 bits per heavy atom. The average Bonchev–Trinajstić information content (AvgIpc) is 2.96. The number of carbonyl (C=O) groups excluding carboxylic acids is 1. The number of ether oxygens (including phenoxy) is 1. The van der Waals surface area contributed by atoms with Crippen molar-refractivity contribution in [3.63, 3.8) is 0 Å². The van der Waals surface area contributed by atoms with E-state index in [1.165, 1.54) is 0 Å². The van der Waals surface area contributed by atoms with Crippen LogP contribution in [0.1, 0.15) is 41.2 Å². The molecule has 1 aromatic carbocycles. The predicted octanol–water partition coefficient (Wildman–Crippen LogP) is 2.45. The zero-order valence-corrected chi connectivity index (χ0v) is 13.8. The highest BCUT2D eigenvalue weighted by molar-refractivity contribution is 9.10. The molecule has 0 spiro atoms. The molecule has 1 amide bonds. The zero-order chi connectivity index (χ0) is 15.5. The van der Waals surface area contributed by atoms with E-state index in [4.69, 9.17) is 4.74 Å². The van der Waals surface area contributed by atoms with Crippen molar-refractivity contribution >= 4 is 21.8 Å². The van der Waals surface area contributed by atoms with Gasteiger partial charge in [0.1, 0.15) is 6.10 Å². The quantitative estimate of drug-likeness (QED) is 0.904. The highest BCUT2D eigenvalue weighted by Gasteiger charge is 2.27. The van der Waals surface area contributed by atoms with Crippen LogP contribution in [0.3, 0.4) is 0 Å². The molecule has 1 aliphatic rings. The number of fused-ring (bicyclic) bond motifs is 1. The maximum Gasteiger partial charge on any atom is 0.273 e. The molecule has 116 valence electrons. The number of carbonyl (C=O) groups is 1. The number of halogens is 1. The summed E-state index contributed by atoms with van der Waals surface area (Å²) < 4.78 is 8.68. The molecular formula is C15H17BrN4O2. The van der Waals surface area contributed by atoms with Crippen LogP contribution in [-0.2, 0) is 17.9 Å². The van der Waals surface area contributed by atoms with Crippen molar-refractivity contribution in [1.82, 2.24) is 20.3 Å². The van der Waals surface area contributed by atoms with E-state index in [0.29, 0.717) is 25.4 Å². The lowest BCUT2D eigenvalue weighted by molar-refractivity contribution is -0.00177. The second-order valence-electron chi connectivity index (χ2n) is 5.17. The van der Waals surface area contributed by atoms with Crippen LogP contribution in [0.15, 0.2) is 28.7 Å². The van der Waals surface area contributed by atoms with Gasteiger partial charge in [-0.3, -0.25) is 4.79 Å². The van der Waals surface area contributed by atoms with Crippen molar-refractivity contribution in [3.8, 4) is 0 Å². The lowest BCUT2D eigenvalue weighted by atomic mass is 10.1. The second-order valence-corrected chi connectivity index (χ2v) is 6.09. The first-order chi connectivity index (χ1) is 10.7. The van der Waals surface area contributed by atoms with E-state index >= 15 is 0 Å². The highest BCUT2D eigenvalue weighted by Crippen LogP contribution is 2.27. The van der Waals surface area contributed by atoms with Crippen molar-refractivity contribution in [2.24, 2.45) is 0 Å². The van der Waals surface area contributed by atoms with E-state index in [2.05, 4.69) is 31.6 Å². The predicted molar refractivity (Wildman–Crippen MR) is 84.3 cm³/mol. The zero-order valence-electron chi connectivity index (χ0n) is 12.3. The molecule has 7 heteroatoms. The van der Waals surface area contributed by atoms with Gasteiger partial charge in [-0.25, -0.2) is 4.68 Å². The van der Waals surface area contributed by atoms with Crippen LogP contribution >= 0.6 is 15.9 Å². The Morgan fingerprint density at radius 2 is 2.23 bits per heavy atom. The molecule has 22 heavy (non-hydrogen) atoms. The third-order valence-electron chi connectivity index (χ3n) is 3.59. The van der Waals surface area contributed by atoms with Crippen molar-refractivity contribution in [2.45, 2.75) is 32.6 Å². The lowest BCUT2D eigenvalue weighted by Gasteiger charge is -2.24. The van der Waals surface area contributed by atoms with Gasteiger partial charge in [-0.15, -0.1) is 5.10 Å². The number of hydrogen-bond donors (Lipinski definition) is 1. The van der Waals surface area contributed by atoms with Gasteiger partial charge in [0.2, 0.25) is 0 Å². The molecular weight excluding hydrogens is 348 g/mol. The molecule has 0 radical (unpaired) electrons. The first-order valence-corrected chi connectivity index (χ1v) is 8.06. The Balaban J connectivity index is 1.76. The molecule has 1 N–H and O–H groups in total. The molecule has 3 rings (SSSR count). The number of nitrogens with one attached hydrogen (secondary N) is 1. The average molecular weight is 365 g/mol. The molecule has 2 heterocycles. The number of rotatable bonds is 4. The molecule has 0 bridgehead atoms. The van der Waals surface area contributed by atoms with Gasteiger partial charge in [-0.2, -0.15) is 0 Å². The lowest BCUT2D eigenvalue weighted by Crippen LogP contribution is -2.28. The Kier molecular flexibility index (Phi) is 4.54. The van der Waals surface area contributed by atoms with Gasteiger partial charge in [-0.05, 0) is 24.1 Å². The molecule has 1 atom stereocenters. The van der Waals surface area contributed by atoms with Gasteiger partial charge < -0.3 is 10.1 Å². The summed E-state index contributed by atoms with van der Waals surface area (Å²) in [5.41, 5.74) is 2.19. The number of nitrogens with zero attached hydrogens (tertiary/aromatic N) is 3. The summed E-state index contributed by atoms with van der Waals surface area (Å²) in [6.45, 7) is 3.54. The molecule has 6 nitrogen and oxygen atoms in total. The fourth-order valence-corrected chi connectivity index (χ4v) is 2.65. The summed E-state index contributed by atoms with van der Waals surface area (Å²) in [6, 6.07) is 8.01. The van der Waals surface area contributed by atoms with Gasteiger partial charge in [0, 0.05) is 11.0 Å². The third-order valence-corrected chi connectivity index (χ3v) is 4.12. The largest absolute Gasteiger partial charge is 0.365 e. The standard InChI is InChI=1S/C15H17BrN4O2/c1-2-7-17-15(21)14-12-9-22-13(8-20(12)19-18-14)10-3-5-11(16)6-4-10/h3-6,13H,2,7-9H2,1H3,(H,17,21). The van der Waals surface area contributed by atoms with Gasteiger partial charge in [0.15, 0.2) is 5.69 Å². The Bertz CT molecular complexity index is 669. The molecule has 1 unspecified atom stereocenters. The second kappa shape index (κ2) is 6.58. The first kappa shape index (κ1) is 15.2. The van der Waals surface area contributed by atoms with Crippen molar-refractivity contribution in [2.75, 3.05) is 6.54 Å². The van der Waals surface area contributed by atoms with Crippen LogP contribution in [0.2, 0.25) is 0 Å². The van der Waals surface area contributed by atoms with Crippen molar-refractivity contribution < 1.29 is 9.53 Å². The maximum atomic E-state index is 12.0. The Morgan fingerprint density at radius 1 is 1.45 bits per heavy atom. The van der Waals surface area contributed by atoms with Crippen LogP contribution in [0.5, 0.6) is 0 Å². The van der Waals surface area contributed by atoms with Gasteiger partial charge in [0.05, 0.1) is 18.8 Å². The highest BCUT2D eigenvalue weighted by atomic mass is 79.9. The number of aromatic nitrogens is 3. The molecule has 0 aliphatic carbocycles. The SMILES string of the molecule is CCCNC(=O)c1nnn2c1COC(c1ccc(Br)cc1)C2. The first-order valence-electron chi connectivity index (χ1n) is 7.26. The van der Waals surface area contributed by atoms with E-state index < -0.39 is 0 Å². The van der Waals surface area contributed by atoms with E-state index in [1.807, 2.05) is 31.2 Å². The summed E-state index contributed by atoms with van der Waals surface area (Å²) in [7, 11) is 0. The van der Waals surface area contributed by atoms with E-state index in [1.54, 1.807) is 4.68 Å². The Hall–Kier alpha value is -1.73. The topological polar surface area (TPSA) is 69.0 Å². The maximum absolute atomic E-state index is 12.0. The van der Waals surface area contributed by atoms with Gasteiger partial charge >= 0.3 is 0 Å². The number of benzene rings is 1. The van der Waals surface area contributed by atoms with E-state index in [9.17, 15) is 4.79 Å². The fraction of sp³-hybridized carbons (Fsp3) is 0.400. The smallest absolute Gasteiger partial charge is 0.273 e. The minimum Gasteiger partial charge on any atom is -0.365 e. The molecule has 0 saturated heterocycles. The minimum atomic E-state index is -0.186. The number of hydrogen-bond acceptors (Lipinski definition) is 4. The van der Waals surface area contributed by atoms with Crippen LogP contribution in [0.25, 0.3) is 0 Å². The van der Waals surface area contributed by atoms with E-state index in [-0.39, 0.29) is 12.0 Å². The van der Waals surface area contributed by atoms with Crippen molar-refractivity contribution in [1.29, 1.82) is 0 Å². The van der Waals surface area contributed by atoms with E-state index in [0.717, 1.165) is 22.2 Å². The van der Waals surface area contributed by atoms with Gasteiger partial charge in [0.25, 0.3) is 5.91 Å². The number of amides is 1. The molecule has 0 fully saturated rings.